The summed E-state index contributed by atoms with van der Waals surface area (Å²) in [5, 5.41) is 0.691. The fourth-order valence-corrected chi connectivity index (χ4v) is 5.35. The minimum absolute atomic E-state index is 0.00560. The van der Waals surface area contributed by atoms with Crippen molar-refractivity contribution in [2.24, 2.45) is 0 Å². The van der Waals surface area contributed by atoms with Gasteiger partial charge >= 0.3 is 5.97 Å². The van der Waals surface area contributed by atoms with Crippen LogP contribution in [-0.4, -0.2) is 12.6 Å². The van der Waals surface area contributed by atoms with Gasteiger partial charge in [-0.15, -0.1) is 0 Å². The van der Waals surface area contributed by atoms with Crippen LogP contribution < -0.4 is 0 Å². The van der Waals surface area contributed by atoms with Gasteiger partial charge in [-0.3, -0.25) is 0 Å². The molecule has 0 fully saturated rings. The van der Waals surface area contributed by atoms with E-state index in [1.807, 2.05) is 91.0 Å². The Hall–Kier alpha value is -4.14. The Morgan fingerprint density at radius 2 is 1.16 bits per heavy atom. The van der Waals surface area contributed by atoms with Crippen molar-refractivity contribution in [1.82, 2.24) is 0 Å². The molecule has 1 aliphatic carbocycles. The normalized spacial score (nSPS) is 14.2. The van der Waals surface area contributed by atoms with Crippen molar-refractivity contribution in [2.75, 3.05) is 6.58 Å². The summed E-state index contributed by atoms with van der Waals surface area (Å²) in [7, 11) is 0. The van der Waals surface area contributed by atoms with Gasteiger partial charge in [0.05, 0.1) is 6.93 Å². The number of hydrogen-bond donors (Lipinski definition) is 0. The molecule has 37 heavy (non-hydrogen) atoms. The van der Waals surface area contributed by atoms with Gasteiger partial charge in [-0.25, -0.2) is 4.79 Å². The van der Waals surface area contributed by atoms with Crippen LogP contribution in [0.1, 0.15) is 51.4 Å². The third-order valence-electron chi connectivity index (χ3n) is 7.01. The Morgan fingerprint density at radius 3 is 1.76 bits per heavy atom. The van der Waals surface area contributed by atoms with Gasteiger partial charge in [0.1, 0.15) is 6.58 Å². The highest BCUT2D eigenvalue weighted by Crippen LogP contribution is 2.44. The Morgan fingerprint density at radius 1 is 0.676 bits per heavy atom. The molecule has 0 aliphatic heterocycles. The SMILES string of the molecule is [3H]C(OC(=O)c1ccc(C(c2ccccc2)c2ccc(Cl)cc2)cc1)C1c2ccccc2-c2ccccc21. The number of benzene rings is 5. The van der Waals surface area contributed by atoms with E-state index < -0.39 is 12.6 Å². The lowest BCUT2D eigenvalue weighted by Gasteiger charge is -2.19. The number of halogens is 1. The second kappa shape index (κ2) is 10.1. The van der Waals surface area contributed by atoms with Crippen molar-refractivity contribution in [3.05, 3.63) is 166 Å². The van der Waals surface area contributed by atoms with Gasteiger partial charge in [0.2, 0.25) is 0 Å². The third-order valence-corrected chi connectivity index (χ3v) is 7.26. The van der Waals surface area contributed by atoms with E-state index in [1.54, 1.807) is 12.1 Å². The average molecular weight is 503 g/mol. The number of carbonyl (C=O) groups excluding carboxylic acids is 1. The largest absolute Gasteiger partial charge is 0.461 e. The van der Waals surface area contributed by atoms with E-state index in [-0.39, 0.29) is 11.8 Å². The molecule has 0 heterocycles. The molecular weight excluding hydrogens is 476 g/mol. The first-order valence-corrected chi connectivity index (χ1v) is 12.7. The first kappa shape index (κ1) is 22.1. The molecule has 0 radical (unpaired) electrons. The van der Waals surface area contributed by atoms with Gasteiger partial charge in [0.15, 0.2) is 0 Å². The number of rotatable bonds is 6. The lowest BCUT2D eigenvalue weighted by Crippen LogP contribution is -2.13. The zero-order chi connectivity index (χ0) is 26.1. The van der Waals surface area contributed by atoms with E-state index >= 15 is 0 Å². The van der Waals surface area contributed by atoms with Gasteiger partial charge < -0.3 is 4.74 Å². The summed E-state index contributed by atoms with van der Waals surface area (Å²) in [4.78, 5) is 13.1. The predicted octanol–water partition coefficient (Wildman–Crippen LogP) is 8.49. The Bertz CT molecular complexity index is 1530. The van der Waals surface area contributed by atoms with Crippen LogP contribution in [-0.2, 0) is 4.74 Å². The minimum atomic E-state index is -1.06. The summed E-state index contributed by atoms with van der Waals surface area (Å²) >= 11 is 6.14. The van der Waals surface area contributed by atoms with Crippen LogP contribution in [0.2, 0.25) is 5.02 Å². The van der Waals surface area contributed by atoms with Gasteiger partial charge in [-0.05, 0) is 63.2 Å². The van der Waals surface area contributed by atoms with Crippen molar-refractivity contribution >= 4 is 17.6 Å². The molecule has 5 aromatic rings. The molecule has 0 saturated carbocycles. The van der Waals surface area contributed by atoms with E-state index in [9.17, 15) is 4.79 Å². The summed E-state index contributed by atoms with van der Waals surface area (Å²) in [5.74, 6) is -0.826. The monoisotopic (exact) mass is 502 g/mol. The third kappa shape index (κ3) is 4.57. The highest BCUT2D eigenvalue weighted by atomic mass is 35.5. The van der Waals surface area contributed by atoms with Crippen LogP contribution >= 0.6 is 11.6 Å². The molecule has 0 aromatic heterocycles. The molecule has 0 N–H and O–H groups in total. The number of carbonyl (C=O) groups is 1. The van der Waals surface area contributed by atoms with Crippen molar-refractivity contribution in [1.29, 1.82) is 0 Å². The molecule has 0 saturated heterocycles. The molecule has 2 atom stereocenters. The maximum Gasteiger partial charge on any atom is 0.338 e. The van der Waals surface area contributed by atoms with Crippen molar-refractivity contribution in [3.63, 3.8) is 0 Å². The fraction of sp³-hybridized carbons (Fsp3) is 0.0882. The fourth-order valence-electron chi connectivity index (χ4n) is 5.23. The minimum Gasteiger partial charge on any atom is -0.461 e. The van der Waals surface area contributed by atoms with Crippen LogP contribution in [0, 0.1) is 0 Å². The molecule has 180 valence electrons. The van der Waals surface area contributed by atoms with Gasteiger partial charge in [-0.1, -0.05) is 115 Å². The average Bonchev–Trinajstić information content (AvgIpc) is 3.30. The highest BCUT2D eigenvalue weighted by Gasteiger charge is 2.29. The molecule has 3 heteroatoms. The van der Waals surface area contributed by atoms with Gasteiger partial charge in [0.25, 0.3) is 0 Å². The zero-order valence-electron chi connectivity index (χ0n) is 21.1. The van der Waals surface area contributed by atoms with E-state index in [4.69, 9.17) is 17.7 Å². The summed E-state index contributed by atoms with van der Waals surface area (Å²) in [6.07, 6.45) is 0. The smallest absolute Gasteiger partial charge is 0.338 e. The summed E-state index contributed by atoms with van der Waals surface area (Å²) in [5.41, 5.74) is 7.97. The van der Waals surface area contributed by atoms with Gasteiger partial charge in [0, 0.05) is 16.9 Å². The quantitative estimate of drug-likeness (QED) is 0.172. The molecule has 2 unspecified atom stereocenters. The molecular formula is C34H25ClO2. The van der Waals surface area contributed by atoms with Gasteiger partial charge in [-0.2, -0.15) is 0 Å². The second-order valence-corrected chi connectivity index (χ2v) is 9.65. The molecule has 0 bridgehead atoms. The molecule has 0 spiro atoms. The van der Waals surface area contributed by atoms with Crippen LogP contribution in [0.5, 0.6) is 0 Å². The number of esters is 1. The van der Waals surface area contributed by atoms with Crippen LogP contribution in [0.25, 0.3) is 11.1 Å². The second-order valence-electron chi connectivity index (χ2n) is 9.21. The Labute approximate surface area is 223 Å². The van der Waals surface area contributed by atoms with Crippen LogP contribution in [0.4, 0.5) is 0 Å². The van der Waals surface area contributed by atoms with Crippen LogP contribution in [0.15, 0.2) is 127 Å². The van der Waals surface area contributed by atoms with E-state index in [1.165, 1.54) is 0 Å². The molecule has 2 nitrogen and oxygen atoms in total. The first-order valence-electron chi connectivity index (χ1n) is 12.9. The van der Waals surface area contributed by atoms with E-state index in [0.717, 1.165) is 38.9 Å². The Balaban J connectivity index is 1.25. The highest BCUT2D eigenvalue weighted by molar-refractivity contribution is 6.30. The topological polar surface area (TPSA) is 26.3 Å². The molecule has 1 aliphatic rings. The van der Waals surface area contributed by atoms with E-state index in [2.05, 4.69) is 24.3 Å². The molecule has 5 aromatic carbocycles. The number of fused-ring (bicyclic) bond motifs is 3. The molecule has 0 amide bonds. The molecule has 6 rings (SSSR count). The van der Waals surface area contributed by atoms with Crippen molar-refractivity contribution < 1.29 is 10.9 Å². The first-order chi connectivity index (χ1) is 18.6. The van der Waals surface area contributed by atoms with Crippen molar-refractivity contribution in [3.8, 4) is 11.1 Å². The number of ether oxygens (including phenoxy) is 1. The zero-order valence-corrected chi connectivity index (χ0v) is 20.8. The maximum absolute atomic E-state index is 13.1. The number of hydrogen-bond acceptors (Lipinski definition) is 2. The summed E-state index contributed by atoms with van der Waals surface area (Å²) in [6, 6.07) is 41.7. The van der Waals surface area contributed by atoms with Crippen molar-refractivity contribution in [2.45, 2.75) is 11.8 Å². The standard InChI is InChI=1S/C34H25ClO2/c35-27-20-18-25(19-21-27)33(23-8-2-1-3-9-23)24-14-16-26(17-15-24)34(36)37-22-32-30-12-6-4-10-28(30)29-11-5-7-13-31(29)32/h1-21,32-33H,22H2/i22T. The lowest BCUT2D eigenvalue weighted by molar-refractivity contribution is 0.0493. The summed E-state index contributed by atoms with van der Waals surface area (Å²) in [6.45, 7) is -1.06. The summed E-state index contributed by atoms with van der Waals surface area (Å²) < 4.78 is 14.5. The predicted molar refractivity (Wildman–Crippen MR) is 149 cm³/mol. The lowest BCUT2D eigenvalue weighted by atomic mass is 9.85. The van der Waals surface area contributed by atoms with E-state index in [0.29, 0.717) is 10.6 Å². The van der Waals surface area contributed by atoms with Crippen LogP contribution in [0.3, 0.4) is 0 Å². The Kier molecular flexibility index (Phi) is 6.02. The maximum atomic E-state index is 13.1.